The summed E-state index contributed by atoms with van der Waals surface area (Å²) >= 11 is 0. The van der Waals surface area contributed by atoms with Gasteiger partial charge in [-0.1, -0.05) is 42.0 Å². The quantitative estimate of drug-likeness (QED) is 0.762. The Hall–Kier alpha value is -2.88. The van der Waals surface area contributed by atoms with E-state index in [4.69, 9.17) is 5.73 Å². The summed E-state index contributed by atoms with van der Waals surface area (Å²) in [6, 6.07) is 18.6. The largest absolute Gasteiger partial charge is 0.368 e. The molecule has 4 nitrogen and oxygen atoms in total. The summed E-state index contributed by atoms with van der Waals surface area (Å²) in [7, 11) is 0. The second kappa shape index (κ2) is 5.85. The predicted molar refractivity (Wildman–Crippen MR) is 91.1 cm³/mol. The van der Waals surface area contributed by atoms with E-state index < -0.39 is 0 Å². The first kappa shape index (κ1) is 14.1. The zero-order valence-corrected chi connectivity index (χ0v) is 12.7. The minimum absolute atomic E-state index is 0.277. The predicted octanol–water partition coefficient (Wildman–Crippen LogP) is 4.09. The third kappa shape index (κ3) is 3.23. The minimum atomic E-state index is 0.277. The Morgan fingerprint density at radius 3 is 2.32 bits per heavy atom. The van der Waals surface area contributed by atoms with Crippen LogP contribution in [0.2, 0.25) is 0 Å². The van der Waals surface area contributed by atoms with Gasteiger partial charge in [-0.3, -0.25) is 0 Å². The molecule has 1 heterocycles. The van der Waals surface area contributed by atoms with Crippen molar-refractivity contribution in [3.63, 3.8) is 0 Å². The van der Waals surface area contributed by atoms with Crippen molar-refractivity contribution in [3.8, 4) is 11.1 Å². The highest BCUT2D eigenvalue weighted by atomic mass is 15.1. The fourth-order valence-electron chi connectivity index (χ4n) is 2.37. The molecule has 0 amide bonds. The fraction of sp³-hybridized carbons (Fsp3) is 0.111. The lowest BCUT2D eigenvalue weighted by Gasteiger charge is -2.08. The average molecular weight is 290 g/mol. The van der Waals surface area contributed by atoms with Gasteiger partial charge in [-0.2, -0.15) is 4.98 Å². The molecule has 0 bridgehead atoms. The van der Waals surface area contributed by atoms with Gasteiger partial charge in [0.25, 0.3) is 0 Å². The average Bonchev–Trinajstić information content (AvgIpc) is 2.47. The van der Waals surface area contributed by atoms with Crippen LogP contribution in [0.25, 0.3) is 11.1 Å². The molecule has 0 radical (unpaired) electrons. The molecule has 0 fully saturated rings. The molecule has 3 rings (SSSR count). The molecule has 2 aromatic carbocycles. The van der Waals surface area contributed by atoms with Gasteiger partial charge in [0.05, 0.1) is 0 Å². The van der Waals surface area contributed by atoms with E-state index in [-0.39, 0.29) is 5.95 Å². The summed E-state index contributed by atoms with van der Waals surface area (Å²) in [4.78, 5) is 8.24. The van der Waals surface area contributed by atoms with Gasteiger partial charge >= 0.3 is 0 Å². The van der Waals surface area contributed by atoms with E-state index in [0.717, 1.165) is 11.4 Å². The maximum Gasteiger partial charge on any atom is 0.222 e. The van der Waals surface area contributed by atoms with Crippen molar-refractivity contribution in [2.75, 3.05) is 11.1 Å². The zero-order valence-electron chi connectivity index (χ0n) is 12.7. The Bertz CT molecular complexity index is 774. The molecule has 0 aliphatic heterocycles. The van der Waals surface area contributed by atoms with Crippen molar-refractivity contribution in [2.45, 2.75) is 13.8 Å². The van der Waals surface area contributed by atoms with Crippen LogP contribution in [0.15, 0.2) is 54.6 Å². The van der Waals surface area contributed by atoms with Gasteiger partial charge in [-0.15, -0.1) is 0 Å². The molecule has 0 saturated heterocycles. The van der Waals surface area contributed by atoms with E-state index in [1.165, 1.54) is 16.7 Å². The van der Waals surface area contributed by atoms with Crippen LogP contribution in [0.5, 0.6) is 0 Å². The van der Waals surface area contributed by atoms with Gasteiger partial charge in [0.15, 0.2) is 0 Å². The number of nitrogens with two attached hydrogens (primary N) is 1. The summed E-state index contributed by atoms with van der Waals surface area (Å²) in [5.74, 6) is 0.979. The number of nitrogens with one attached hydrogen (secondary N) is 1. The number of nitrogen functional groups attached to an aromatic ring is 1. The number of aromatic nitrogens is 2. The second-order valence-corrected chi connectivity index (χ2v) is 5.32. The minimum Gasteiger partial charge on any atom is -0.368 e. The van der Waals surface area contributed by atoms with E-state index in [0.29, 0.717) is 5.82 Å². The molecule has 3 N–H and O–H groups in total. The molecular formula is C18H18N4. The van der Waals surface area contributed by atoms with Crippen LogP contribution in [0.1, 0.15) is 11.3 Å². The van der Waals surface area contributed by atoms with Gasteiger partial charge in [0, 0.05) is 17.4 Å². The molecule has 0 aliphatic carbocycles. The van der Waals surface area contributed by atoms with Crippen LogP contribution < -0.4 is 11.1 Å². The van der Waals surface area contributed by atoms with E-state index in [2.05, 4.69) is 58.6 Å². The van der Waals surface area contributed by atoms with Crippen LogP contribution in [0.3, 0.4) is 0 Å². The number of anilines is 3. The first-order valence-electron chi connectivity index (χ1n) is 7.15. The fourth-order valence-corrected chi connectivity index (χ4v) is 2.37. The van der Waals surface area contributed by atoms with Crippen LogP contribution >= 0.6 is 0 Å². The van der Waals surface area contributed by atoms with Crippen LogP contribution in [0, 0.1) is 13.8 Å². The van der Waals surface area contributed by atoms with Gasteiger partial charge in [-0.25, -0.2) is 4.98 Å². The third-order valence-corrected chi connectivity index (χ3v) is 3.38. The van der Waals surface area contributed by atoms with Crippen molar-refractivity contribution < 1.29 is 0 Å². The van der Waals surface area contributed by atoms with Crippen molar-refractivity contribution in [3.05, 3.63) is 65.9 Å². The summed E-state index contributed by atoms with van der Waals surface area (Å²) in [6.45, 7) is 3.99. The maximum absolute atomic E-state index is 5.67. The lowest BCUT2D eigenvalue weighted by molar-refractivity contribution is 1.12. The van der Waals surface area contributed by atoms with Crippen LogP contribution in [0.4, 0.5) is 17.5 Å². The standard InChI is InChI=1S/C18H18N4/c1-12-4-3-5-15(10-12)14-6-8-16(9-7-14)21-17-11-13(2)20-18(19)22-17/h3-11H,1-2H3,(H3,19,20,21,22). The van der Waals surface area contributed by atoms with Gasteiger partial charge < -0.3 is 11.1 Å². The number of aryl methyl sites for hydroxylation is 2. The maximum atomic E-state index is 5.67. The Morgan fingerprint density at radius 1 is 0.864 bits per heavy atom. The summed E-state index contributed by atoms with van der Waals surface area (Å²) in [5, 5.41) is 3.24. The SMILES string of the molecule is Cc1cccc(-c2ccc(Nc3cc(C)nc(N)n3)cc2)c1. The molecule has 1 aromatic heterocycles. The molecule has 0 unspecified atom stereocenters. The topological polar surface area (TPSA) is 63.8 Å². The van der Waals surface area contributed by atoms with Crippen LogP contribution in [-0.4, -0.2) is 9.97 Å². The molecule has 110 valence electrons. The molecule has 0 saturated carbocycles. The number of benzene rings is 2. The van der Waals surface area contributed by atoms with Crippen LogP contribution in [-0.2, 0) is 0 Å². The summed E-state index contributed by atoms with van der Waals surface area (Å²) in [5.41, 5.74) is 11.1. The van der Waals surface area contributed by atoms with Crippen molar-refractivity contribution in [2.24, 2.45) is 0 Å². The Kier molecular flexibility index (Phi) is 3.74. The first-order chi connectivity index (χ1) is 10.6. The molecule has 0 spiro atoms. The number of rotatable bonds is 3. The number of hydrogen-bond donors (Lipinski definition) is 2. The van der Waals surface area contributed by atoms with E-state index in [9.17, 15) is 0 Å². The highest BCUT2D eigenvalue weighted by molar-refractivity contribution is 5.68. The lowest BCUT2D eigenvalue weighted by atomic mass is 10.0. The zero-order chi connectivity index (χ0) is 15.5. The molecular weight excluding hydrogens is 272 g/mol. The second-order valence-electron chi connectivity index (χ2n) is 5.32. The molecule has 0 atom stereocenters. The lowest BCUT2D eigenvalue weighted by Crippen LogP contribution is -2.01. The normalized spacial score (nSPS) is 10.5. The van der Waals surface area contributed by atoms with E-state index in [1.807, 2.05) is 25.1 Å². The summed E-state index contributed by atoms with van der Waals surface area (Å²) in [6.07, 6.45) is 0. The Balaban J connectivity index is 1.82. The van der Waals surface area contributed by atoms with E-state index >= 15 is 0 Å². The summed E-state index contributed by atoms with van der Waals surface area (Å²) < 4.78 is 0. The number of nitrogens with zero attached hydrogens (tertiary/aromatic N) is 2. The molecule has 3 aromatic rings. The first-order valence-corrected chi connectivity index (χ1v) is 7.15. The van der Waals surface area contributed by atoms with Gasteiger partial charge in [-0.05, 0) is 37.1 Å². The van der Waals surface area contributed by atoms with Crippen molar-refractivity contribution in [1.82, 2.24) is 9.97 Å². The Labute approximate surface area is 130 Å². The smallest absolute Gasteiger partial charge is 0.222 e. The van der Waals surface area contributed by atoms with E-state index in [1.54, 1.807) is 0 Å². The Morgan fingerprint density at radius 2 is 1.64 bits per heavy atom. The molecule has 0 aliphatic rings. The number of hydrogen-bond acceptors (Lipinski definition) is 4. The monoisotopic (exact) mass is 290 g/mol. The van der Waals surface area contributed by atoms with Crippen molar-refractivity contribution >= 4 is 17.5 Å². The molecule has 4 heteroatoms. The van der Waals surface area contributed by atoms with Gasteiger partial charge in [0.2, 0.25) is 5.95 Å². The molecule has 22 heavy (non-hydrogen) atoms. The van der Waals surface area contributed by atoms with Crippen molar-refractivity contribution in [1.29, 1.82) is 0 Å². The van der Waals surface area contributed by atoms with Gasteiger partial charge in [0.1, 0.15) is 5.82 Å². The third-order valence-electron chi connectivity index (χ3n) is 3.38. The highest BCUT2D eigenvalue weighted by Crippen LogP contribution is 2.23. The highest BCUT2D eigenvalue weighted by Gasteiger charge is 2.02.